The molecule has 0 bridgehead atoms. The molecular formula is C14H16Cl3NO3. The quantitative estimate of drug-likeness (QED) is 0.754. The molecule has 0 aliphatic carbocycles. The molecule has 0 spiro atoms. The van der Waals surface area contributed by atoms with Gasteiger partial charge in [-0.3, -0.25) is 9.59 Å². The zero-order valence-electron chi connectivity index (χ0n) is 11.7. The number of nitrogens with one attached hydrogen (secondary N) is 1. The number of anilines is 1. The SMILES string of the molecule is CCCCC(OC(C)=O)C(=O)Nc1c(Cl)cc(Cl)cc1Cl. The van der Waals surface area contributed by atoms with Crippen LogP contribution in [0.15, 0.2) is 12.1 Å². The number of esters is 1. The summed E-state index contributed by atoms with van der Waals surface area (Å²) in [7, 11) is 0. The van der Waals surface area contributed by atoms with Gasteiger partial charge in [0.25, 0.3) is 5.91 Å². The Morgan fingerprint density at radius 3 is 2.29 bits per heavy atom. The van der Waals surface area contributed by atoms with Crippen molar-refractivity contribution >= 4 is 52.4 Å². The molecule has 21 heavy (non-hydrogen) atoms. The molecule has 4 nitrogen and oxygen atoms in total. The summed E-state index contributed by atoms with van der Waals surface area (Å²) in [5, 5.41) is 3.39. The monoisotopic (exact) mass is 351 g/mol. The number of rotatable bonds is 6. The number of amides is 1. The highest BCUT2D eigenvalue weighted by Gasteiger charge is 2.23. The Labute approximate surface area is 138 Å². The lowest BCUT2D eigenvalue weighted by Gasteiger charge is -2.17. The van der Waals surface area contributed by atoms with Crippen LogP contribution in [0.2, 0.25) is 15.1 Å². The lowest BCUT2D eigenvalue weighted by molar-refractivity contribution is -0.152. The molecule has 0 radical (unpaired) electrons. The van der Waals surface area contributed by atoms with Crippen molar-refractivity contribution in [3.05, 3.63) is 27.2 Å². The van der Waals surface area contributed by atoms with E-state index in [1.807, 2.05) is 6.92 Å². The molecule has 0 aliphatic heterocycles. The third kappa shape index (κ3) is 5.73. The van der Waals surface area contributed by atoms with Gasteiger partial charge in [-0.1, -0.05) is 48.1 Å². The van der Waals surface area contributed by atoms with Gasteiger partial charge in [0.2, 0.25) is 0 Å². The van der Waals surface area contributed by atoms with Crippen LogP contribution in [0, 0.1) is 0 Å². The number of unbranched alkanes of at least 4 members (excludes halogenated alkanes) is 1. The van der Waals surface area contributed by atoms with E-state index in [2.05, 4.69) is 5.32 Å². The molecule has 1 aromatic carbocycles. The maximum atomic E-state index is 12.2. The van der Waals surface area contributed by atoms with E-state index >= 15 is 0 Å². The fraction of sp³-hybridized carbons (Fsp3) is 0.429. The highest BCUT2D eigenvalue weighted by atomic mass is 35.5. The van der Waals surface area contributed by atoms with Crippen molar-refractivity contribution in [3.63, 3.8) is 0 Å². The molecule has 1 aromatic rings. The van der Waals surface area contributed by atoms with Crippen molar-refractivity contribution in [2.24, 2.45) is 0 Å². The maximum Gasteiger partial charge on any atom is 0.303 e. The second-order valence-electron chi connectivity index (χ2n) is 4.47. The van der Waals surface area contributed by atoms with Crippen LogP contribution in [0.3, 0.4) is 0 Å². The fourth-order valence-electron chi connectivity index (χ4n) is 1.70. The van der Waals surface area contributed by atoms with E-state index in [9.17, 15) is 9.59 Å². The van der Waals surface area contributed by atoms with Gasteiger partial charge < -0.3 is 10.1 Å². The first kappa shape index (κ1) is 18.1. The van der Waals surface area contributed by atoms with E-state index in [4.69, 9.17) is 39.5 Å². The summed E-state index contributed by atoms with van der Waals surface area (Å²) in [6.45, 7) is 3.24. The van der Waals surface area contributed by atoms with Gasteiger partial charge in [0.05, 0.1) is 15.7 Å². The molecule has 1 N–H and O–H groups in total. The summed E-state index contributed by atoms with van der Waals surface area (Å²) >= 11 is 17.8. The van der Waals surface area contributed by atoms with Gasteiger partial charge in [0, 0.05) is 11.9 Å². The molecule has 0 saturated carbocycles. The summed E-state index contributed by atoms with van der Waals surface area (Å²) < 4.78 is 5.03. The van der Waals surface area contributed by atoms with Crippen LogP contribution in [-0.2, 0) is 14.3 Å². The maximum absolute atomic E-state index is 12.2. The molecular weight excluding hydrogens is 337 g/mol. The van der Waals surface area contributed by atoms with Crippen molar-refractivity contribution in [3.8, 4) is 0 Å². The normalized spacial score (nSPS) is 11.9. The molecule has 7 heteroatoms. The zero-order valence-corrected chi connectivity index (χ0v) is 14.0. The molecule has 0 saturated heterocycles. The topological polar surface area (TPSA) is 55.4 Å². The number of halogens is 3. The number of benzene rings is 1. The molecule has 1 rings (SSSR count). The van der Waals surface area contributed by atoms with Gasteiger partial charge in [0.1, 0.15) is 0 Å². The van der Waals surface area contributed by atoms with E-state index in [0.717, 1.165) is 12.8 Å². The third-order valence-corrected chi connectivity index (χ3v) is 3.49. The van der Waals surface area contributed by atoms with Crippen molar-refractivity contribution in [1.82, 2.24) is 0 Å². The molecule has 116 valence electrons. The van der Waals surface area contributed by atoms with Crippen LogP contribution >= 0.6 is 34.8 Å². The van der Waals surface area contributed by atoms with Crippen LogP contribution in [0.25, 0.3) is 0 Å². The second-order valence-corrected chi connectivity index (χ2v) is 5.72. The van der Waals surface area contributed by atoms with E-state index in [0.29, 0.717) is 11.4 Å². The first-order valence-electron chi connectivity index (χ1n) is 6.47. The average Bonchev–Trinajstić information content (AvgIpc) is 2.38. The van der Waals surface area contributed by atoms with Gasteiger partial charge in [-0.2, -0.15) is 0 Å². The largest absolute Gasteiger partial charge is 0.452 e. The van der Waals surface area contributed by atoms with Crippen LogP contribution in [-0.4, -0.2) is 18.0 Å². The Balaban J connectivity index is 2.88. The van der Waals surface area contributed by atoms with E-state index in [1.165, 1.54) is 19.1 Å². The van der Waals surface area contributed by atoms with Gasteiger partial charge in [0.15, 0.2) is 6.10 Å². The van der Waals surface area contributed by atoms with Crippen LogP contribution in [0.1, 0.15) is 33.1 Å². The van der Waals surface area contributed by atoms with Crippen molar-refractivity contribution < 1.29 is 14.3 Å². The van der Waals surface area contributed by atoms with Crippen molar-refractivity contribution in [1.29, 1.82) is 0 Å². The van der Waals surface area contributed by atoms with Gasteiger partial charge in [-0.05, 0) is 25.0 Å². The summed E-state index contributed by atoms with van der Waals surface area (Å²) in [5.74, 6) is -0.982. The van der Waals surface area contributed by atoms with Gasteiger partial charge in [-0.25, -0.2) is 0 Å². The molecule has 0 aromatic heterocycles. The summed E-state index contributed by atoms with van der Waals surface area (Å²) in [4.78, 5) is 23.3. The van der Waals surface area contributed by atoms with Crippen LogP contribution in [0.4, 0.5) is 5.69 Å². The van der Waals surface area contributed by atoms with E-state index in [-0.39, 0.29) is 15.7 Å². The second kappa shape index (κ2) is 8.47. The lowest BCUT2D eigenvalue weighted by atomic mass is 10.1. The van der Waals surface area contributed by atoms with Crippen LogP contribution < -0.4 is 5.32 Å². The fourth-order valence-corrected chi connectivity index (χ4v) is 2.61. The summed E-state index contributed by atoms with van der Waals surface area (Å²) in [5.41, 5.74) is 0.251. The Morgan fingerprint density at radius 1 is 1.24 bits per heavy atom. The van der Waals surface area contributed by atoms with Gasteiger partial charge >= 0.3 is 5.97 Å². The minimum atomic E-state index is -0.870. The highest BCUT2D eigenvalue weighted by molar-refractivity contribution is 6.42. The third-order valence-electron chi connectivity index (χ3n) is 2.68. The molecule has 1 atom stereocenters. The minimum absolute atomic E-state index is 0.220. The molecule has 0 aliphatic rings. The zero-order chi connectivity index (χ0) is 16.0. The predicted molar refractivity (Wildman–Crippen MR) is 85.2 cm³/mol. The highest BCUT2D eigenvalue weighted by Crippen LogP contribution is 2.33. The first-order valence-corrected chi connectivity index (χ1v) is 7.61. The minimum Gasteiger partial charge on any atom is -0.452 e. The van der Waals surface area contributed by atoms with Gasteiger partial charge in [-0.15, -0.1) is 0 Å². The summed E-state index contributed by atoms with van der Waals surface area (Å²) in [6, 6.07) is 2.94. The standard InChI is InChI=1S/C14H16Cl3NO3/c1-3-4-5-12(21-8(2)19)14(20)18-13-10(16)6-9(15)7-11(13)17/h6-7,12H,3-5H2,1-2H3,(H,18,20). The van der Waals surface area contributed by atoms with E-state index < -0.39 is 18.0 Å². The average molecular weight is 353 g/mol. The Hall–Kier alpha value is -0.970. The lowest BCUT2D eigenvalue weighted by Crippen LogP contribution is -2.32. The number of carbonyl (C=O) groups excluding carboxylic acids is 2. The van der Waals surface area contributed by atoms with Crippen molar-refractivity contribution in [2.45, 2.75) is 39.2 Å². The molecule has 0 heterocycles. The molecule has 0 fully saturated rings. The Kier molecular flexibility index (Phi) is 7.29. The Morgan fingerprint density at radius 2 is 1.81 bits per heavy atom. The molecule has 1 unspecified atom stereocenters. The van der Waals surface area contributed by atoms with Crippen LogP contribution in [0.5, 0.6) is 0 Å². The molecule has 1 amide bonds. The number of hydrogen-bond acceptors (Lipinski definition) is 3. The predicted octanol–water partition coefficient (Wildman–Crippen LogP) is 4.71. The first-order chi connectivity index (χ1) is 9.85. The van der Waals surface area contributed by atoms with E-state index in [1.54, 1.807) is 0 Å². The van der Waals surface area contributed by atoms with Crippen molar-refractivity contribution in [2.75, 3.05) is 5.32 Å². The smallest absolute Gasteiger partial charge is 0.303 e. The Bertz CT molecular complexity index is 511. The number of ether oxygens (including phenoxy) is 1. The number of carbonyl (C=O) groups is 2. The summed E-state index contributed by atoms with van der Waals surface area (Å²) in [6.07, 6.45) is 1.20. The number of hydrogen-bond donors (Lipinski definition) is 1.